The number of rotatable bonds is 3. The highest BCUT2D eigenvalue weighted by molar-refractivity contribution is 6.97. The molecule has 2 fully saturated rings. The maximum absolute atomic E-state index is 11.5. The number of likely N-dealkylation sites (tertiary alicyclic amines) is 1. The lowest BCUT2D eigenvalue weighted by Crippen LogP contribution is -2.42. The minimum atomic E-state index is -1.14. The Bertz CT molecular complexity index is 579. The van der Waals surface area contributed by atoms with Gasteiger partial charge in [-0.25, -0.2) is 0 Å². The standard InChI is InChI=1S/C16H21NO.C2Cl2O2/c18-16-7-6-15-12-17(9-8-14(15)10-16)11-13-4-2-1-3-5-13;3-1(5)2(4)6/h1-5,14-15H,6-12H2;/t14-,15-;/m0./s1. The number of piperidine rings is 1. The van der Waals surface area contributed by atoms with E-state index in [0.717, 1.165) is 38.3 Å². The van der Waals surface area contributed by atoms with Gasteiger partial charge in [0.2, 0.25) is 0 Å². The second kappa shape index (κ2) is 9.30. The Balaban J connectivity index is 0.000000301. The highest BCUT2D eigenvalue weighted by atomic mass is 35.5. The van der Waals surface area contributed by atoms with Gasteiger partial charge in [-0.1, -0.05) is 30.3 Å². The van der Waals surface area contributed by atoms with E-state index in [2.05, 4.69) is 58.4 Å². The van der Waals surface area contributed by atoms with E-state index in [9.17, 15) is 14.4 Å². The van der Waals surface area contributed by atoms with Crippen molar-refractivity contribution in [2.75, 3.05) is 13.1 Å². The number of halogens is 2. The van der Waals surface area contributed by atoms with Gasteiger partial charge in [0.1, 0.15) is 5.78 Å². The molecule has 0 unspecified atom stereocenters. The maximum Gasteiger partial charge on any atom is 0.304 e. The second-order valence-corrected chi connectivity index (χ2v) is 7.05. The van der Waals surface area contributed by atoms with E-state index in [1.807, 2.05) is 0 Å². The van der Waals surface area contributed by atoms with Gasteiger partial charge in [-0.05, 0) is 60.0 Å². The summed E-state index contributed by atoms with van der Waals surface area (Å²) in [6.07, 6.45) is 4.00. The SMILES string of the molecule is O=C(Cl)C(=O)Cl.O=C1CC[C@H]2CN(Cc3ccccc3)CC[C@H]2C1. The Morgan fingerprint density at radius 3 is 2.33 bits per heavy atom. The number of ketones is 1. The quantitative estimate of drug-likeness (QED) is 0.605. The molecule has 3 rings (SSSR count). The summed E-state index contributed by atoms with van der Waals surface area (Å²) >= 11 is 8.98. The number of carbonyl (C=O) groups is 3. The smallest absolute Gasteiger partial charge is 0.300 e. The monoisotopic (exact) mass is 369 g/mol. The molecule has 2 atom stereocenters. The van der Waals surface area contributed by atoms with Crippen molar-refractivity contribution in [1.29, 1.82) is 0 Å². The lowest BCUT2D eigenvalue weighted by atomic mass is 9.74. The number of fused-ring (bicyclic) bond motifs is 1. The summed E-state index contributed by atoms with van der Waals surface area (Å²) in [4.78, 5) is 32.9. The van der Waals surface area contributed by atoms with E-state index < -0.39 is 10.5 Å². The summed E-state index contributed by atoms with van der Waals surface area (Å²) in [5.41, 5.74) is 1.41. The third-order valence-corrected chi connectivity index (χ3v) is 5.10. The van der Waals surface area contributed by atoms with Crippen LogP contribution in [0.2, 0.25) is 0 Å². The molecule has 1 saturated heterocycles. The van der Waals surface area contributed by atoms with Crippen LogP contribution in [0.4, 0.5) is 0 Å². The first-order chi connectivity index (χ1) is 11.5. The number of carbonyl (C=O) groups excluding carboxylic acids is 3. The molecule has 0 N–H and O–H groups in total. The molecule has 1 aromatic rings. The minimum Gasteiger partial charge on any atom is -0.300 e. The van der Waals surface area contributed by atoms with Crippen molar-refractivity contribution in [2.24, 2.45) is 11.8 Å². The molecule has 1 aromatic carbocycles. The summed E-state index contributed by atoms with van der Waals surface area (Å²) in [6, 6.07) is 10.7. The van der Waals surface area contributed by atoms with Crippen LogP contribution < -0.4 is 0 Å². The molecule has 0 bridgehead atoms. The molecule has 0 radical (unpaired) electrons. The van der Waals surface area contributed by atoms with Gasteiger partial charge < -0.3 is 0 Å². The summed E-state index contributed by atoms with van der Waals surface area (Å²) in [5, 5.41) is -2.28. The van der Waals surface area contributed by atoms with Gasteiger partial charge in [0.25, 0.3) is 0 Å². The maximum atomic E-state index is 11.5. The van der Waals surface area contributed by atoms with Gasteiger partial charge in [-0.15, -0.1) is 0 Å². The molecule has 4 nitrogen and oxygen atoms in total. The van der Waals surface area contributed by atoms with Crippen molar-refractivity contribution in [1.82, 2.24) is 4.90 Å². The van der Waals surface area contributed by atoms with Gasteiger partial charge in [-0.3, -0.25) is 19.3 Å². The Hall–Kier alpha value is -1.23. The molecule has 0 aromatic heterocycles. The van der Waals surface area contributed by atoms with Gasteiger partial charge in [0.15, 0.2) is 0 Å². The topological polar surface area (TPSA) is 54.5 Å². The Kier molecular flexibility index (Phi) is 7.40. The first-order valence-electron chi connectivity index (χ1n) is 8.13. The van der Waals surface area contributed by atoms with Gasteiger partial charge in [0, 0.05) is 25.9 Å². The van der Waals surface area contributed by atoms with Crippen LogP contribution in [-0.4, -0.2) is 34.3 Å². The van der Waals surface area contributed by atoms with E-state index in [1.54, 1.807) is 0 Å². The molecular formula is C18H21Cl2NO3. The highest BCUT2D eigenvalue weighted by Gasteiger charge is 2.33. The third kappa shape index (κ3) is 6.00. The lowest BCUT2D eigenvalue weighted by molar-refractivity contribution is -0.127. The minimum absolute atomic E-state index is 0.493. The van der Waals surface area contributed by atoms with Crippen LogP contribution >= 0.6 is 23.2 Å². The summed E-state index contributed by atoms with van der Waals surface area (Å²) in [7, 11) is 0. The van der Waals surface area contributed by atoms with Crippen LogP contribution in [0.25, 0.3) is 0 Å². The van der Waals surface area contributed by atoms with E-state index >= 15 is 0 Å². The number of nitrogens with zero attached hydrogens (tertiary/aromatic N) is 1. The Labute approximate surface area is 152 Å². The van der Waals surface area contributed by atoms with Gasteiger partial charge in [0.05, 0.1) is 0 Å². The fraction of sp³-hybridized carbons (Fsp3) is 0.500. The lowest BCUT2D eigenvalue weighted by Gasteiger charge is -2.40. The van der Waals surface area contributed by atoms with Crippen LogP contribution in [-0.2, 0) is 20.9 Å². The van der Waals surface area contributed by atoms with E-state index in [-0.39, 0.29) is 0 Å². The van der Waals surface area contributed by atoms with Gasteiger partial charge >= 0.3 is 10.5 Å². The summed E-state index contributed by atoms with van der Waals surface area (Å²) in [6.45, 7) is 3.41. The molecule has 2 aliphatic rings. The van der Waals surface area contributed by atoms with E-state index in [4.69, 9.17) is 0 Å². The number of hydrogen-bond donors (Lipinski definition) is 0. The van der Waals surface area contributed by atoms with Crippen molar-refractivity contribution >= 4 is 39.5 Å². The van der Waals surface area contributed by atoms with Crippen LogP contribution in [0.1, 0.15) is 31.2 Å². The molecule has 1 aliphatic heterocycles. The predicted octanol–water partition coefficient (Wildman–Crippen LogP) is 3.39. The third-order valence-electron chi connectivity index (χ3n) is 4.66. The second-order valence-electron chi connectivity index (χ2n) is 6.36. The van der Waals surface area contributed by atoms with Crippen LogP contribution in [0.15, 0.2) is 30.3 Å². The fourth-order valence-electron chi connectivity index (χ4n) is 3.48. The fourth-order valence-corrected chi connectivity index (χ4v) is 3.48. The van der Waals surface area contributed by atoms with Crippen molar-refractivity contribution in [3.8, 4) is 0 Å². The molecule has 0 amide bonds. The predicted molar refractivity (Wildman–Crippen MR) is 93.9 cm³/mol. The van der Waals surface area contributed by atoms with Crippen LogP contribution in [0, 0.1) is 11.8 Å². The number of Topliss-reactive ketones (excluding diaryl/α,β-unsaturated/α-hetero) is 1. The zero-order valence-electron chi connectivity index (χ0n) is 13.4. The zero-order valence-corrected chi connectivity index (χ0v) is 14.9. The van der Waals surface area contributed by atoms with Crippen LogP contribution in [0.3, 0.4) is 0 Å². The van der Waals surface area contributed by atoms with Crippen molar-refractivity contribution in [3.63, 3.8) is 0 Å². The van der Waals surface area contributed by atoms with Crippen molar-refractivity contribution in [3.05, 3.63) is 35.9 Å². The Morgan fingerprint density at radius 2 is 1.71 bits per heavy atom. The van der Waals surface area contributed by atoms with Crippen molar-refractivity contribution < 1.29 is 14.4 Å². The summed E-state index contributed by atoms with van der Waals surface area (Å²) < 4.78 is 0. The zero-order chi connectivity index (χ0) is 17.5. The molecule has 6 heteroatoms. The largest absolute Gasteiger partial charge is 0.304 e. The summed E-state index contributed by atoms with van der Waals surface area (Å²) in [5.74, 6) is 1.94. The molecule has 1 aliphatic carbocycles. The Morgan fingerprint density at radius 1 is 1.04 bits per heavy atom. The molecule has 0 spiro atoms. The van der Waals surface area contributed by atoms with Crippen LogP contribution in [0.5, 0.6) is 0 Å². The molecule has 130 valence electrons. The highest BCUT2D eigenvalue weighted by Crippen LogP contribution is 2.34. The average molecular weight is 370 g/mol. The molecular weight excluding hydrogens is 349 g/mol. The average Bonchev–Trinajstić information content (AvgIpc) is 2.56. The molecule has 1 heterocycles. The number of benzene rings is 1. The first-order valence-corrected chi connectivity index (χ1v) is 8.88. The van der Waals surface area contributed by atoms with E-state index in [0.29, 0.717) is 11.7 Å². The number of hydrogen-bond acceptors (Lipinski definition) is 4. The normalized spacial score (nSPS) is 23.7. The van der Waals surface area contributed by atoms with E-state index in [1.165, 1.54) is 18.5 Å². The van der Waals surface area contributed by atoms with Gasteiger partial charge in [-0.2, -0.15) is 0 Å². The molecule has 24 heavy (non-hydrogen) atoms. The molecule has 1 saturated carbocycles. The van der Waals surface area contributed by atoms with Crippen molar-refractivity contribution in [2.45, 2.75) is 32.2 Å². The first kappa shape index (κ1) is 19.1.